The SMILES string of the molecule is COCC(C)OCC(O)COc1ccc(Cl)cc1C(=O)O. The van der Waals surface area contributed by atoms with Gasteiger partial charge in [-0.25, -0.2) is 4.79 Å². The lowest BCUT2D eigenvalue weighted by Crippen LogP contribution is -2.27. The van der Waals surface area contributed by atoms with E-state index in [4.69, 9.17) is 30.9 Å². The lowest BCUT2D eigenvalue weighted by atomic mass is 10.2. The highest BCUT2D eigenvalue weighted by Gasteiger charge is 2.14. The second-order valence-electron chi connectivity index (χ2n) is 4.51. The fourth-order valence-electron chi connectivity index (χ4n) is 1.59. The van der Waals surface area contributed by atoms with Crippen LogP contribution in [-0.2, 0) is 9.47 Å². The van der Waals surface area contributed by atoms with Gasteiger partial charge in [0.1, 0.15) is 24.0 Å². The summed E-state index contributed by atoms with van der Waals surface area (Å²) in [5, 5.41) is 19.1. The molecule has 2 atom stereocenters. The molecule has 0 fully saturated rings. The summed E-state index contributed by atoms with van der Waals surface area (Å²) in [4.78, 5) is 11.1. The lowest BCUT2D eigenvalue weighted by molar-refractivity contribution is -0.0423. The Balaban J connectivity index is 2.49. The first kappa shape index (κ1) is 17.7. The molecule has 1 rings (SSSR count). The molecule has 118 valence electrons. The number of carbonyl (C=O) groups is 1. The van der Waals surface area contributed by atoms with Crippen molar-refractivity contribution in [1.29, 1.82) is 0 Å². The molecular formula is C14H19ClO6. The second kappa shape index (κ2) is 8.84. The van der Waals surface area contributed by atoms with Crippen molar-refractivity contribution >= 4 is 17.6 Å². The van der Waals surface area contributed by atoms with Gasteiger partial charge in [-0.05, 0) is 25.1 Å². The summed E-state index contributed by atoms with van der Waals surface area (Å²) >= 11 is 5.74. The van der Waals surface area contributed by atoms with E-state index in [2.05, 4.69) is 0 Å². The number of carboxylic acid groups (broad SMARTS) is 1. The number of methoxy groups -OCH3 is 1. The number of carboxylic acids is 1. The molecule has 0 radical (unpaired) electrons. The smallest absolute Gasteiger partial charge is 0.339 e. The molecule has 1 aromatic rings. The van der Waals surface area contributed by atoms with Crippen LogP contribution in [0.3, 0.4) is 0 Å². The van der Waals surface area contributed by atoms with Crippen LogP contribution in [0.5, 0.6) is 5.75 Å². The van der Waals surface area contributed by atoms with Gasteiger partial charge in [0.25, 0.3) is 0 Å². The lowest BCUT2D eigenvalue weighted by Gasteiger charge is -2.17. The fourth-order valence-corrected chi connectivity index (χ4v) is 1.76. The molecule has 1 aromatic carbocycles. The standard InChI is InChI=1S/C14H19ClO6/c1-9(6-19-2)20-7-11(16)8-21-13-4-3-10(15)5-12(13)14(17)18/h3-5,9,11,16H,6-8H2,1-2H3,(H,17,18). The number of aliphatic hydroxyl groups excluding tert-OH is 1. The Bertz CT molecular complexity index is 465. The third-order valence-electron chi connectivity index (χ3n) is 2.58. The largest absolute Gasteiger partial charge is 0.490 e. The van der Waals surface area contributed by atoms with Gasteiger partial charge < -0.3 is 24.4 Å². The maximum Gasteiger partial charge on any atom is 0.339 e. The average molecular weight is 319 g/mol. The normalized spacial score (nSPS) is 13.7. The van der Waals surface area contributed by atoms with Crippen molar-refractivity contribution in [3.63, 3.8) is 0 Å². The summed E-state index contributed by atoms with van der Waals surface area (Å²) < 4.78 is 15.5. The van der Waals surface area contributed by atoms with Gasteiger partial charge in [0, 0.05) is 12.1 Å². The number of ether oxygens (including phenoxy) is 3. The van der Waals surface area contributed by atoms with Crippen LogP contribution >= 0.6 is 11.6 Å². The van der Waals surface area contributed by atoms with Gasteiger partial charge in [-0.3, -0.25) is 0 Å². The molecule has 0 amide bonds. The number of aromatic carboxylic acids is 1. The average Bonchev–Trinajstić information content (AvgIpc) is 2.44. The molecule has 0 heterocycles. The zero-order valence-corrected chi connectivity index (χ0v) is 12.7. The predicted octanol–water partition coefficient (Wildman–Crippen LogP) is 1.83. The van der Waals surface area contributed by atoms with E-state index in [1.54, 1.807) is 7.11 Å². The number of halogens is 1. The number of hydrogen-bond donors (Lipinski definition) is 2. The first-order chi connectivity index (χ1) is 9.93. The van der Waals surface area contributed by atoms with Gasteiger partial charge in [0.15, 0.2) is 0 Å². The molecule has 0 aliphatic heterocycles. The number of rotatable bonds is 9. The van der Waals surface area contributed by atoms with Crippen molar-refractivity contribution in [3.05, 3.63) is 28.8 Å². The van der Waals surface area contributed by atoms with Gasteiger partial charge >= 0.3 is 5.97 Å². The molecule has 0 saturated heterocycles. The van der Waals surface area contributed by atoms with Crippen molar-refractivity contribution in [3.8, 4) is 5.75 Å². The van der Waals surface area contributed by atoms with Gasteiger partial charge in [-0.2, -0.15) is 0 Å². The van der Waals surface area contributed by atoms with Crippen molar-refractivity contribution < 1.29 is 29.2 Å². The summed E-state index contributed by atoms with van der Waals surface area (Å²) in [7, 11) is 1.56. The van der Waals surface area contributed by atoms with Gasteiger partial charge in [0.05, 0.1) is 19.3 Å². The monoisotopic (exact) mass is 318 g/mol. The van der Waals surface area contributed by atoms with E-state index >= 15 is 0 Å². The minimum atomic E-state index is -1.15. The van der Waals surface area contributed by atoms with Crippen LogP contribution in [0.15, 0.2) is 18.2 Å². The van der Waals surface area contributed by atoms with Crippen LogP contribution in [0.1, 0.15) is 17.3 Å². The van der Waals surface area contributed by atoms with Crippen molar-refractivity contribution in [2.24, 2.45) is 0 Å². The molecule has 6 nitrogen and oxygen atoms in total. The minimum Gasteiger partial charge on any atom is -0.490 e. The van der Waals surface area contributed by atoms with E-state index in [0.717, 1.165) is 0 Å². The Hall–Kier alpha value is -1.34. The molecule has 0 spiro atoms. The molecule has 0 saturated carbocycles. The number of aliphatic hydroxyl groups is 1. The zero-order valence-electron chi connectivity index (χ0n) is 11.9. The molecule has 21 heavy (non-hydrogen) atoms. The van der Waals surface area contributed by atoms with Crippen LogP contribution in [0, 0.1) is 0 Å². The molecule has 0 aliphatic carbocycles. The van der Waals surface area contributed by atoms with Crippen LogP contribution < -0.4 is 4.74 Å². The number of benzene rings is 1. The number of hydrogen-bond acceptors (Lipinski definition) is 5. The molecule has 7 heteroatoms. The van der Waals surface area contributed by atoms with E-state index in [1.807, 2.05) is 6.92 Å². The van der Waals surface area contributed by atoms with E-state index in [-0.39, 0.29) is 30.6 Å². The Morgan fingerprint density at radius 2 is 2.05 bits per heavy atom. The van der Waals surface area contributed by atoms with Crippen LogP contribution in [0.25, 0.3) is 0 Å². The molecular weight excluding hydrogens is 300 g/mol. The van der Waals surface area contributed by atoms with Crippen LogP contribution in [0.2, 0.25) is 5.02 Å². The third kappa shape index (κ3) is 6.31. The van der Waals surface area contributed by atoms with Gasteiger partial charge in [0.2, 0.25) is 0 Å². The third-order valence-corrected chi connectivity index (χ3v) is 2.81. The molecule has 0 aromatic heterocycles. The molecule has 2 unspecified atom stereocenters. The highest BCUT2D eigenvalue weighted by Crippen LogP contribution is 2.23. The maximum absolute atomic E-state index is 11.1. The summed E-state index contributed by atoms with van der Waals surface area (Å²) in [6, 6.07) is 4.27. The van der Waals surface area contributed by atoms with Crippen molar-refractivity contribution in [2.45, 2.75) is 19.1 Å². The fraction of sp³-hybridized carbons (Fsp3) is 0.500. The van der Waals surface area contributed by atoms with Crippen LogP contribution in [-0.4, -0.2) is 55.3 Å². The molecule has 0 aliphatic rings. The molecule has 0 bridgehead atoms. The van der Waals surface area contributed by atoms with E-state index < -0.39 is 12.1 Å². The quantitative estimate of drug-likeness (QED) is 0.722. The Morgan fingerprint density at radius 3 is 2.67 bits per heavy atom. The van der Waals surface area contributed by atoms with Gasteiger partial charge in [-0.1, -0.05) is 11.6 Å². The van der Waals surface area contributed by atoms with Gasteiger partial charge in [-0.15, -0.1) is 0 Å². The molecule has 2 N–H and O–H groups in total. The Morgan fingerprint density at radius 1 is 1.33 bits per heavy atom. The topological polar surface area (TPSA) is 85.2 Å². The predicted molar refractivity (Wildman–Crippen MR) is 77.2 cm³/mol. The summed E-state index contributed by atoms with van der Waals surface area (Å²) in [6.07, 6.45) is -1.02. The maximum atomic E-state index is 11.1. The van der Waals surface area contributed by atoms with E-state index in [9.17, 15) is 9.90 Å². The summed E-state index contributed by atoms with van der Waals surface area (Å²) in [5.41, 5.74) is -0.0524. The highest BCUT2D eigenvalue weighted by atomic mass is 35.5. The second-order valence-corrected chi connectivity index (χ2v) is 4.95. The Labute approximate surface area is 128 Å². The minimum absolute atomic E-state index is 0.0524. The van der Waals surface area contributed by atoms with E-state index in [0.29, 0.717) is 11.6 Å². The first-order valence-electron chi connectivity index (χ1n) is 6.38. The van der Waals surface area contributed by atoms with E-state index in [1.165, 1.54) is 18.2 Å². The highest BCUT2D eigenvalue weighted by molar-refractivity contribution is 6.31. The summed E-state index contributed by atoms with van der Waals surface area (Å²) in [5.74, 6) is -0.997. The van der Waals surface area contributed by atoms with Crippen molar-refractivity contribution in [2.75, 3.05) is 26.9 Å². The van der Waals surface area contributed by atoms with Crippen LogP contribution in [0.4, 0.5) is 0 Å². The van der Waals surface area contributed by atoms with Crippen molar-refractivity contribution in [1.82, 2.24) is 0 Å². The Kier molecular flexibility index (Phi) is 7.45. The zero-order chi connectivity index (χ0) is 15.8. The summed E-state index contributed by atoms with van der Waals surface area (Å²) in [6.45, 7) is 2.23. The first-order valence-corrected chi connectivity index (χ1v) is 6.76.